The van der Waals surface area contributed by atoms with Crippen molar-refractivity contribution in [3.8, 4) is 0 Å². The number of esters is 1. The highest BCUT2D eigenvalue weighted by molar-refractivity contribution is 5.82. The maximum Gasteiger partial charge on any atom is 0.315 e. The average molecular weight is 332 g/mol. The van der Waals surface area contributed by atoms with Crippen LogP contribution in [0.15, 0.2) is 0 Å². The van der Waals surface area contributed by atoms with E-state index in [0.29, 0.717) is 6.42 Å². The summed E-state index contributed by atoms with van der Waals surface area (Å²) in [6.45, 7) is 0.167. The van der Waals surface area contributed by atoms with Crippen molar-refractivity contribution < 1.29 is 44.0 Å². The molecule has 23 heavy (non-hydrogen) atoms. The second-order valence-corrected chi connectivity index (χ2v) is 5.85. The Morgan fingerprint density at radius 1 is 1.22 bits per heavy atom. The molecule has 1 fully saturated rings. The summed E-state index contributed by atoms with van der Waals surface area (Å²) < 4.78 is 9.67. The molecule has 1 saturated carbocycles. The van der Waals surface area contributed by atoms with Crippen LogP contribution in [0.4, 0.5) is 0 Å². The van der Waals surface area contributed by atoms with Gasteiger partial charge < -0.3 is 24.8 Å². The number of aliphatic hydroxyl groups is 1. The van der Waals surface area contributed by atoms with E-state index < -0.39 is 54.5 Å². The summed E-state index contributed by atoms with van der Waals surface area (Å²) in [7, 11) is 0. The molecule has 0 heterocycles. The van der Waals surface area contributed by atoms with Gasteiger partial charge in [-0.1, -0.05) is 0 Å². The molecule has 4 atom stereocenters. The number of carbonyl (C=O) groups excluding carboxylic acids is 2. The van der Waals surface area contributed by atoms with Crippen LogP contribution in [0.1, 0.15) is 26.2 Å². The van der Waals surface area contributed by atoms with Gasteiger partial charge in [0, 0.05) is 0 Å². The van der Waals surface area contributed by atoms with E-state index in [1.54, 1.807) is 0 Å². The second kappa shape index (κ2) is 7.91. The molecular weight excluding hydrogens is 312 g/mol. The lowest BCUT2D eigenvalue weighted by molar-refractivity contribution is -0.170. The summed E-state index contributed by atoms with van der Waals surface area (Å²) in [4.78, 5) is 44.8. The molecule has 0 aromatic heterocycles. The maximum absolute atomic E-state index is 12.1. The van der Waals surface area contributed by atoms with E-state index in [-0.39, 0.29) is 19.3 Å². The third kappa shape index (κ3) is 4.65. The topological polar surface area (TPSA) is 147 Å². The van der Waals surface area contributed by atoms with Gasteiger partial charge in [-0.15, -0.1) is 0 Å². The first-order valence-corrected chi connectivity index (χ1v) is 7.08. The van der Waals surface area contributed by atoms with Crippen molar-refractivity contribution in [2.75, 3.05) is 13.2 Å². The van der Waals surface area contributed by atoms with Crippen LogP contribution in [0, 0.1) is 17.3 Å². The van der Waals surface area contributed by atoms with Gasteiger partial charge in [0.05, 0.1) is 18.4 Å². The molecule has 4 unspecified atom stereocenters. The molecule has 9 heteroatoms. The quantitative estimate of drug-likeness (QED) is 0.401. The highest BCUT2D eigenvalue weighted by atomic mass is 16.5. The lowest BCUT2D eigenvalue weighted by Crippen LogP contribution is -2.42. The minimum absolute atomic E-state index is 0.00988. The largest absolute Gasteiger partial charge is 0.481 e. The monoisotopic (exact) mass is 332 g/mol. The van der Waals surface area contributed by atoms with Crippen molar-refractivity contribution in [3.63, 3.8) is 0 Å². The fraction of sp³-hybridized carbons (Fsp3) is 0.714. The first-order chi connectivity index (χ1) is 10.7. The summed E-state index contributed by atoms with van der Waals surface area (Å²) in [5.74, 6) is -5.40. The Balaban J connectivity index is 2.72. The highest BCUT2D eigenvalue weighted by Gasteiger charge is 2.42. The van der Waals surface area contributed by atoms with Crippen LogP contribution in [0.25, 0.3) is 0 Å². The highest BCUT2D eigenvalue weighted by Crippen LogP contribution is 2.33. The average Bonchev–Trinajstić information content (AvgIpc) is 2.52. The molecule has 0 radical (unpaired) electrons. The van der Waals surface area contributed by atoms with Gasteiger partial charge in [0.2, 0.25) is 0 Å². The number of hydrogen-bond acceptors (Lipinski definition) is 7. The maximum atomic E-state index is 12.1. The number of ether oxygens (including phenoxy) is 2. The zero-order chi connectivity index (χ0) is 17.6. The molecular formula is C14H20O9. The second-order valence-electron chi connectivity index (χ2n) is 5.85. The van der Waals surface area contributed by atoms with Crippen molar-refractivity contribution >= 4 is 24.4 Å². The minimum atomic E-state index is -1.65. The first-order valence-electron chi connectivity index (χ1n) is 7.08. The van der Waals surface area contributed by atoms with Crippen LogP contribution < -0.4 is 0 Å². The fourth-order valence-corrected chi connectivity index (χ4v) is 2.40. The van der Waals surface area contributed by atoms with E-state index in [9.17, 15) is 24.3 Å². The molecule has 0 spiro atoms. The number of hydrogen-bond donors (Lipinski definition) is 3. The Hall–Kier alpha value is -2.16. The standard InChI is InChI=1S/C14H20O9/c1-14(5-15,13(20)21)6-22-12(19)9-3-2-8(23-7-16)4-10(9)11(17)18/h7-10,15H,2-6H2,1H3,(H,17,18)(H,20,21). The third-order valence-corrected chi connectivity index (χ3v) is 4.07. The molecule has 1 aliphatic rings. The SMILES string of the molecule is CC(CO)(COC(=O)C1CCC(OC=O)CC1C(=O)O)C(=O)O. The Morgan fingerprint density at radius 2 is 1.87 bits per heavy atom. The van der Waals surface area contributed by atoms with Gasteiger partial charge in [-0.05, 0) is 26.2 Å². The summed E-state index contributed by atoms with van der Waals surface area (Å²) in [5.41, 5.74) is -1.65. The van der Waals surface area contributed by atoms with Gasteiger partial charge in [0.1, 0.15) is 18.1 Å². The molecule has 130 valence electrons. The summed E-state index contributed by atoms with van der Waals surface area (Å²) >= 11 is 0. The number of carboxylic acids is 2. The Labute approximate surface area is 132 Å². The van der Waals surface area contributed by atoms with E-state index >= 15 is 0 Å². The molecule has 0 aliphatic heterocycles. The Morgan fingerprint density at radius 3 is 2.35 bits per heavy atom. The van der Waals surface area contributed by atoms with Gasteiger partial charge in [-0.25, -0.2) is 0 Å². The van der Waals surface area contributed by atoms with Crippen LogP contribution in [-0.2, 0) is 28.7 Å². The first kappa shape index (κ1) is 18.9. The van der Waals surface area contributed by atoms with E-state index in [1.165, 1.54) is 6.92 Å². The smallest absolute Gasteiger partial charge is 0.315 e. The normalized spacial score (nSPS) is 26.6. The molecule has 0 amide bonds. The number of rotatable bonds is 8. The molecule has 3 N–H and O–H groups in total. The van der Waals surface area contributed by atoms with Gasteiger partial charge >= 0.3 is 17.9 Å². The number of carbonyl (C=O) groups is 4. The van der Waals surface area contributed by atoms with Crippen molar-refractivity contribution in [2.45, 2.75) is 32.3 Å². The van der Waals surface area contributed by atoms with E-state index in [2.05, 4.69) is 0 Å². The summed E-state index contributed by atoms with van der Waals surface area (Å²) in [6.07, 6.45) is -0.112. The number of aliphatic carboxylic acids is 2. The predicted molar refractivity (Wildman–Crippen MR) is 73.2 cm³/mol. The Bertz CT molecular complexity index is 475. The molecule has 0 saturated heterocycles. The fourth-order valence-electron chi connectivity index (χ4n) is 2.40. The lowest BCUT2D eigenvalue weighted by Gasteiger charge is -2.32. The minimum Gasteiger partial charge on any atom is -0.481 e. The molecule has 0 aromatic carbocycles. The van der Waals surface area contributed by atoms with Crippen molar-refractivity contribution in [3.05, 3.63) is 0 Å². The van der Waals surface area contributed by atoms with Crippen LogP contribution in [0.5, 0.6) is 0 Å². The van der Waals surface area contributed by atoms with Crippen molar-refractivity contribution in [1.82, 2.24) is 0 Å². The zero-order valence-corrected chi connectivity index (χ0v) is 12.6. The molecule has 0 bridgehead atoms. The Kier molecular flexibility index (Phi) is 6.49. The van der Waals surface area contributed by atoms with Crippen LogP contribution in [0.2, 0.25) is 0 Å². The van der Waals surface area contributed by atoms with Gasteiger partial charge in [0.25, 0.3) is 6.47 Å². The lowest BCUT2D eigenvalue weighted by atomic mass is 9.78. The molecule has 1 aliphatic carbocycles. The third-order valence-electron chi connectivity index (χ3n) is 4.07. The summed E-state index contributed by atoms with van der Waals surface area (Å²) in [5, 5.41) is 27.3. The van der Waals surface area contributed by atoms with E-state index in [0.717, 1.165) is 0 Å². The van der Waals surface area contributed by atoms with Crippen LogP contribution in [-0.4, -0.2) is 59.0 Å². The van der Waals surface area contributed by atoms with E-state index in [1.807, 2.05) is 0 Å². The molecule has 1 rings (SSSR count). The number of aliphatic hydroxyl groups excluding tert-OH is 1. The zero-order valence-electron chi connectivity index (χ0n) is 12.6. The summed E-state index contributed by atoms with van der Waals surface area (Å²) in [6, 6.07) is 0. The van der Waals surface area contributed by atoms with Crippen LogP contribution in [0.3, 0.4) is 0 Å². The molecule has 9 nitrogen and oxygen atoms in total. The van der Waals surface area contributed by atoms with Gasteiger partial charge in [-0.3, -0.25) is 19.2 Å². The van der Waals surface area contributed by atoms with E-state index in [4.69, 9.17) is 19.7 Å². The molecule has 0 aromatic rings. The van der Waals surface area contributed by atoms with Crippen LogP contribution >= 0.6 is 0 Å². The van der Waals surface area contributed by atoms with Gasteiger partial charge in [-0.2, -0.15) is 0 Å². The predicted octanol–water partition coefficient (Wildman–Crippen LogP) is -0.345. The number of carboxylic acid groups (broad SMARTS) is 2. The van der Waals surface area contributed by atoms with Gasteiger partial charge in [0.15, 0.2) is 0 Å². The van der Waals surface area contributed by atoms with Crippen molar-refractivity contribution in [2.24, 2.45) is 17.3 Å². The van der Waals surface area contributed by atoms with Crippen molar-refractivity contribution in [1.29, 1.82) is 0 Å².